The predicted molar refractivity (Wildman–Crippen MR) is 56.2 cm³/mol. The van der Waals surface area contributed by atoms with Crippen molar-refractivity contribution in [2.45, 2.75) is 6.18 Å². The Bertz CT molecular complexity index is 408. The van der Waals surface area contributed by atoms with Gasteiger partial charge in [-0.1, -0.05) is 0 Å². The first kappa shape index (κ1) is 12.8. The lowest BCUT2D eigenvalue weighted by Crippen LogP contribution is -2.30. The second-order valence-electron chi connectivity index (χ2n) is 2.75. The lowest BCUT2D eigenvalue weighted by atomic mass is 10.3. The van der Waals surface area contributed by atoms with Crippen LogP contribution < -0.4 is 10.6 Å². The number of hydrogen-bond acceptors (Lipinski definition) is 3. The molecule has 0 fully saturated rings. The predicted octanol–water partition coefficient (Wildman–Crippen LogP) is 2.39. The average Bonchev–Trinajstić information content (AvgIpc) is 2.16. The molecule has 88 valence electrons. The van der Waals surface area contributed by atoms with Crippen LogP contribution in [0.4, 0.5) is 24.7 Å². The van der Waals surface area contributed by atoms with Crippen LogP contribution in [0.5, 0.6) is 0 Å². The third kappa shape index (κ3) is 3.09. The molecule has 1 heterocycles. The van der Waals surface area contributed by atoms with Gasteiger partial charge in [0.2, 0.25) is 0 Å². The number of amides is 1. The Morgan fingerprint density at radius 3 is 2.62 bits per heavy atom. The summed E-state index contributed by atoms with van der Waals surface area (Å²) in [7, 11) is 1.49. The number of anilines is 2. The van der Waals surface area contributed by atoms with E-state index in [1.165, 1.54) is 19.3 Å². The lowest BCUT2D eigenvalue weighted by molar-refractivity contribution is -0.167. The fourth-order valence-electron chi connectivity index (χ4n) is 0.927. The Morgan fingerprint density at radius 1 is 1.50 bits per heavy atom. The Hall–Kier alpha value is -1.31. The van der Waals surface area contributed by atoms with Crippen molar-refractivity contribution in [1.29, 1.82) is 0 Å². The van der Waals surface area contributed by atoms with Gasteiger partial charge in [-0.15, -0.1) is 0 Å². The molecule has 8 heteroatoms. The normalized spacial score (nSPS) is 11.1. The summed E-state index contributed by atoms with van der Waals surface area (Å²) in [5, 5.41) is 4.29. The van der Waals surface area contributed by atoms with Crippen molar-refractivity contribution in [3.63, 3.8) is 0 Å². The van der Waals surface area contributed by atoms with E-state index >= 15 is 0 Å². The highest BCUT2D eigenvalue weighted by molar-refractivity contribution is 9.10. The first-order valence-electron chi connectivity index (χ1n) is 4.06. The van der Waals surface area contributed by atoms with E-state index in [1.807, 2.05) is 0 Å². The largest absolute Gasteiger partial charge is 0.471 e. The Labute approximate surface area is 97.4 Å². The Balaban J connectivity index is 2.96. The van der Waals surface area contributed by atoms with Gasteiger partial charge in [0.1, 0.15) is 5.82 Å². The molecule has 0 aliphatic carbocycles. The molecule has 0 aliphatic heterocycles. The minimum atomic E-state index is -4.92. The minimum Gasteiger partial charge on any atom is -0.371 e. The van der Waals surface area contributed by atoms with Gasteiger partial charge in [0, 0.05) is 17.7 Å². The molecule has 0 atom stereocenters. The molecule has 0 bridgehead atoms. The number of nitrogens with one attached hydrogen (secondary N) is 2. The van der Waals surface area contributed by atoms with Crippen molar-refractivity contribution in [1.82, 2.24) is 4.98 Å². The van der Waals surface area contributed by atoms with E-state index in [2.05, 4.69) is 26.2 Å². The SMILES string of the molecule is CNc1ncc(Br)cc1NC(=O)C(F)(F)F. The number of carbonyl (C=O) groups excluding carboxylic acids is 1. The van der Waals surface area contributed by atoms with E-state index in [-0.39, 0.29) is 11.5 Å². The van der Waals surface area contributed by atoms with Gasteiger partial charge in [-0.25, -0.2) is 4.98 Å². The summed E-state index contributed by atoms with van der Waals surface area (Å²) in [6, 6.07) is 1.32. The highest BCUT2D eigenvalue weighted by Crippen LogP contribution is 2.25. The maximum absolute atomic E-state index is 12.0. The van der Waals surface area contributed by atoms with E-state index in [4.69, 9.17) is 0 Å². The van der Waals surface area contributed by atoms with Crippen molar-refractivity contribution < 1.29 is 18.0 Å². The zero-order chi connectivity index (χ0) is 12.3. The first-order chi connectivity index (χ1) is 7.34. The average molecular weight is 298 g/mol. The molecule has 0 saturated carbocycles. The number of hydrogen-bond donors (Lipinski definition) is 2. The van der Waals surface area contributed by atoms with E-state index in [0.29, 0.717) is 4.47 Å². The van der Waals surface area contributed by atoms with Crippen molar-refractivity contribution in [3.05, 3.63) is 16.7 Å². The second-order valence-corrected chi connectivity index (χ2v) is 3.67. The van der Waals surface area contributed by atoms with Crippen molar-refractivity contribution in [3.8, 4) is 0 Å². The number of rotatable bonds is 2. The number of nitrogens with zero attached hydrogens (tertiary/aromatic N) is 1. The molecule has 0 aliphatic rings. The Kier molecular flexibility index (Phi) is 3.74. The van der Waals surface area contributed by atoms with Gasteiger partial charge in [0.15, 0.2) is 0 Å². The van der Waals surface area contributed by atoms with Crippen LogP contribution in [0.2, 0.25) is 0 Å². The third-order valence-corrected chi connectivity index (χ3v) is 2.03. The third-order valence-electron chi connectivity index (χ3n) is 1.60. The molecular weight excluding hydrogens is 291 g/mol. The first-order valence-corrected chi connectivity index (χ1v) is 4.85. The minimum absolute atomic E-state index is 0.0424. The standard InChI is InChI=1S/C8H7BrF3N3O/c1-13-6-5(2-4(9)3-14-6)15-7(16)8(10,11)12/h2-3H,1H3,(H,13,14)(H,15,16). The summed E-state index contributed by atoms with van der Waals surface area (Å²) >= 11 is 3.04. The summed E-state index contributed by atoms with van der Waals surface area (Å²) in [5.41, 5.74) is -0.0424. The monoisotopic (exact) mass is 297 g/mol. The number of carbonyl (C=O) groups is 1. The summed E-state index contributed by atoms with van der Waals surface area (Å²) in [6.45, 7) is 0. The van der Waals surface area contributed by atoms with Gasteiger partial charge >= 0.3 is 12.1 Å². The maximum atomic E-state index is 12.0. The van der Waals surface area contributed by atoms with Crippen LogP contribution in [-0.2, 0) is 4.79 Å². The van der Waals surface area contributed by atoms with E-state index in [1.54, 1.807) is 5.32 Å². The van der Waals surface area contributed by atoms with Crippen molar-refractivity contribution >= 4 is 33.3 Å². The zero-order valence-corrected chi connectivity index (χ0v) is 9.61. The molecular formula is C8H7BrF3N3O. The van der Waals surface area contributed by atoms with Crippen LogP contribution in [0.3, 0.4) is 0 Å². The molecule has 4 nitrogen and oxygen atoms in total. The molecule has 1 rings (SSSR count). The van der Waals surface area contributed by atoms with Crippen LogP contribution in [0.15, 0.2) is 16.7 Å². The van der Waals surface area contributed by atoms with E-state index < -0.39 is 12.1 Å². The van der Waals surface area contributed by atoms with Gasteiger partial charge < -0.3 is 10.6 Å². The topological polar surface area (TPSA) is 54.0 Å². The molecule has 0 aromatic carbocycles. The maximum Gasteiger partial charge on any atom is 0.471 e. The molecule has 2 N–H and O–H groups in total. The summed E-state index contributed by atoms with van der Waals surface area (Å²) in [6.07, 6.45) is -3.53. The molecule has 1 aromatic rings. The van der Waals surface area contributed by atoms with Crippen molar-refractivity contribution in [2.75, 3.05) is 17.7 Å². The van der Waals surface area contributed by atoms with Gasteiger partial charge in [-0.3, -0.25) is 4.79 Å². The molecule has 0 saturated heterocycles. The fourth-order valence-corrected chi connectivity index (χ4v) is 1.26. The molecule has 0 unspecified atom stereocenters. The second kappa shape index (κ2) is 4.69. The van der Waals surface area contributed by atoms with Gasteiger partial charge in [-0.2, -0.15) is 13.2 Å². The summed E-state index contributed by atoms with van der Waals surface area (Å²) in [4.78, 5) is 14.5. The van der Waals surface area contributed by atoms with Crippen LogP contribution in [0.25, 0.3) is 0 Å². The molecule has 1 aromatic heterocycles. The van der Waals surface area contributed by atoms with Gasteiger partial charge in [-0.05, 0) is 22.0 Å². The highest BCUT2D eigenvalue weighted by Gasteiger charge is 2.39. The van der Waals surface area contributed by atoms with Crippen LogP contribution in [0.1, 0.15) is 0 Å². The number of aromatic nitrogens is 1. The van der Waals surface area contributed by atoms with E-state index in [0.717, 1.165) is 0 Å². The molecule has 0 spiro atoms. The highest BCUT2D eigenvalue weighted by atomic mass is 79.9. The summed E-state index contributed by atoms with van der Waals surface area (Å²) < 4.78 is 36.5. The van der Waals surface area contributed by atoms with Gasteiger partial charge in [0.25, 0.3) is 0 Å². The zero-order valence-electron chi connectivity index (χ0n) is 8.02. The lowest BCUT2D eigenvalue weighted by Gasteiger charge is -2.11. The van der Waals surface area contributed by atoms with Gasteiger partial charge in [0.05, 0.1) is 5.69 Å². The molecule has 0 radical (unpaired) electrons. The smallest absolute Gasteiger partial charge is 0.371 e. The van der Waals surface area contributed by atoms with Crippen LogP contribution >= 0.6 is 15.9 Å². The summed E-state index contributed by atoms with van der Waals surface area (Å²) in [5.74, 6) is -1.88. The fraction of sp³-hybridized carbons (Fsp3) is 0.250. The number of pyridine rings is 1. The number of halogens is 4. The number of alkyl halides is 3. The Morgan fingerprint density at radius 2 is 2.12 bits per heavy atom. The van der Waals surface area contributed by atoms with Crippen LogP contribution in [-0.4, -0.2) is 24.1 Å². The van der Waals surface area contributed by atoms with Crippen molar-refractivity contribution in [2.24, 2.45) is 0 Å². The van der Waals surface area contributed by atoms with E-state index in [9.17, 15) is 18.0 Å². The quantitative estimate of drug-likeness (QED) is 0.881. The van der Waals surface area contributed by atoms with Crippen LogP contribution in [0, 0.1) is 0 Å². The molecule has 16 heavy (non-hydrogen) atoms. The molecule has 1 amide bonds.